The van der Waals surface area contributed by atoms with Gasteiger partial charge in [-0.15, -0.1) is 11.6 Å². The summed E-state index contributed by atoms with van der Waals surface area (Å²) >= 11 is 5.37. The summed E-state index contributed by atoms with van der Waals surface area (Å²) in [4.78, 5) is 11.1. The molecule has 0 amide bonds. The lowest BCUT2D eigenvalue weighted by Gasteiger charge is -2.07. The smallest absolute Gasteiger partial charge is 0.168 e. The summed E-state index contributed by atoms with van der Waals surface area (Å²) in [7, 11) is 0. The van der Waals surface area contributed by atoms with Gasteiger partial charge in [-0.25, -0.2) is 0 Å². The van der Waals surface area contributed by atoms with Crippen LogP contribution in [0.1, 0.15) is 11.6 Å². The van der Waals surface area contributed by atoms with Gasteiger partial charge in [0.2, 0.25) is 0 Å². The SMILES string of the molecule is NC(C(=O)CCl)c1ccccc1. The number of benzene rings is 1. The van der Waals surface area contributed by atoms with Crippen molar-refractivity contribution in [3.63, 3.8) is 0 Å². The zero-order valence-electron chi connectivity index (χ0n) is 6.53. The summed E-state index contributed by atoms with van der Waals surface area (Å²) in [6.45, 7) is 0. The number of halogens is 1. The number of Topliss-reactive ketones (excluding diaryl/α,β-unsaturated/α-hetero) is 1. The molecule has 0 aromatic heterocycles. The van der Waals surface area contributed by atoms with Crippen molar-refractivity contribution in [2.45, 2.75) is 6.04 Å². The van der Waals surface area contributed by atoms with Crippen molar-refractivity contribution in [3.8, 4) is 0 Å². The third-order valence-electron chi connectivity index (χ3n) is 1.64. The molecule has 64 valence electrons. The van der Waals surface area contributed by atoms with Crippen LogP contribution in [0.2, 0.25) is 0 Å². The number of rotatable bonds is 3. The van der Waals surface area contributed by atoms with E-state index in [4.69, 9.17) is 17.3 Å². The van der Waals surface area contributed by atoms with Crippen molar-refractivity contribution in [2.24, 2.45) is 5.73 Å². The van der Waals surface area contributed by atoms with Crippen LogP contribution in [0, 0.1) is 0 Å². The van der Waals surface area contributed by atoms with Crippen LogP contribution in [0.5, 0.6) is 0 Å². The van der Waals surface area contributed by atoms with E-state index >= 15 is 0 Å². The zero-order chi connectivity index (χ0) is 8.97. The second-order valence-corrected chi connectivity index (χ2v) is 2.76. The Bertz CT molecular complexity index is 260. The van der Waals surface area contributed by atoms with Crippen LogP contribution in [0.15, 0.2) is 30.3 Å². The maximum absolute atomic E-state index is 11.1. The van der Waals surface area contributed by atoms with Gasteiger partial charge in [0.15, 0.2) is 5.78 Å². The molecule has 1 rings (SSSR count). The topological polar surface area (TPSA) is 43.1 Å². The van der Waals surface area contributed by atoms with Crippen molar-refractivity contribution >= 4 is 17.4 Å². The number of carbonyl (C=O) groups excluding carboxylic acids is 1. The number of carbonyl (C=O) groups is 1. The Morgan fingerprint density at radius 2 is 2.00 bits per heavy atom. The van der Waals surface area contributed by atoms with E-state index in [1.165, 1.54) is 0 Å². The van der Waals surface area contributed by atoms with Crippen LogP contribution >= 0.6 is 11.6 Å². The molecule has 1 aromatic carbocycles. The molecule has 0 spiro atoms. The summed E-state index contributed by atoms with van der Waals surface area (Å²) in [5, 5.41) is 0. The molecule has 3 heteroatoms. The maximum Gasteiger partial charge on any atom is 0.168 e. The highest BCUT2D eigenvalue weighted by Gasteiger charge is 2.13. The molecule has 12 heavy (non-hydrogen) atoms. The lowest BCUT2D eigenvalue weighted by atomic mass is 10.1. The fraction of sp³-hybridized carbons (Fsp3) is 0.222. The minimum Gasteiger partial charge on any atom is -0.318 e. The molecule has 0 radical (unpaired) electrons. The van der Waals surface area contributed by atoms with Crippen molar-refractivity contribution in [3.05, 3.63) is 35.9 Å². The lowest BCUT2D eigenvalue weighted by molar-refractivity contribution is -0.118. The second-order valence-electron chi connectivity index (χ2n) is 2.49. The first-order chi connectivity index (χ1) is 5.75. The summed E-state index contributed by atoms with van der Waals surface area (Å²) in [6, 6.07) is 8.61. The Morgan fingerprint density at radius 3 is 2.50 bits per heavy atom. The quantitative estimate of drug-likeness (QED) is 0.722. The van der Waals surface area contributed by atoms with Crippen LogP contribution < -0.4 is 5.73 Å². The van der Waals surface area contributed by atoms with Crippen LogP contribution in [0.4, 0.5) is 0 Å². The van der Waals surface area contributed by atoms with Gasteiger partial charge in [-0.1, -0.05) is 30.3 Å². The molecule has 0 saturated heterocycles. The normalized spacial score (nSPS) is 12.5. The van der Waals surface area contributed by atoms with E-state index in [0.29, 0.717) is 0 Å². The van der Waals surface area contributed by atoms with E-state index in [0.717, 1.165) is 5.56 Å². The first-order valence-electron chi connectivity index (χ1n) is 3.65. The van der Waals surface area contributed by atoms with E-state index in [-0.39, 0.29) is 11.7 Å². The molecule has 2 nitrogen and oxygen atoms in total. The van der Waals surface area contributed by atoms with Crippen LogP contribution in [0.3, 0.4) is 0 Å². The molecule has 0 fully saturated rings. The fourth-order valence-corrected chi connectivity index (χ4v) is 1.10. The Morgan fingerprint density at radius 1 is 1.42 bits per heavy atom. The number of alkyl halides is 1. The van der Waals surface area contributed by atoms with Crippen molar-refractivity contribution in [1.82, 2.24) is 0 Å². The summed E-state index contributed by atoms with van der Waals surface area (Å²) in [5.41, 5.74) is 6.42. The Kier molecular flexibility index (Phi) is 3.26. The van der Waals surface area contributed by atoms with Gasteiger partial charge in [0.05, 0.1) is 11.9 Å². The number of nitrogens with two attached hydrogens (primary N) is 1. The lowest BCUT2D eigenvalue weighted by Crippen LogP contribution is -2.22. The minimum atomic E-state index is -0.580. The van der Waals surface area contributed by atoms with E-state index in [9.17, 15) is 4.79 Å². The molecular weight excluding hydrogens is 174 g/mol. The maximum atomic E-state index is 11.1. The van der Waals surface area contributed by atoms with Gasteiger partial charge in [-0.3, -0.25) is 4.79 Å². The molecule has 1 aromatic rings. The van der Waals surface area contributed by atoms with Gasteiger partial charge in [0, 0.05) is 0 Å². The number of ketones is 1. The van der Waals surface area contributed by atoms with E-state index in [2.05, 4.69) is 0 Å². The molecule has 1 unspecified atom stereocenters. The average Bonchev–Trinajstić information content (AvgIpc) is 2.17. The molecule has 2 N–H and O–H groups in total. The standard InChI is InChI=1S/C9H10ClNO/c10-6-8(12)9(11)7-4-2-1-3-5-7/h1-5,9H,6,11H2. The molecule has 0 aliphatic rings. The molecule has 0 aliphatic heterocycles. The van der Waals surface area contributed by atoms with Gasteiger partial charge in [-0.05, 0) is 5.56 Å². The molecule has 0 heterocycles. The van der Waals surface area contributed by atoms with E-state index in [1.54, 1.807) is 0 Å². The first-order valence-corrected chi connectivity index (χ1v) is 4.18. The number of hydrogen-bond acceptors (Lipinski definition) is 2. The predicted octanol–water partition coefficient (Wildman–Crippen LogP) is 1.49. The van der Waals surface area contributed by atoms with Crippen LogP contribution in [-0.2, 0) is 4.79 Å². The highest BCUT2D eigenvalue weighted by Crippen LogP contribution is 2.10. The second kappa shape index (κ2) is 4.24. The molecular formula is C9H10ClNO. The zero-order valence-corrected chi connectivity index (χ0v) is 7.29. The summed E-state index contributed by atoms with van der Waals surface area (Å²) in [5.74, 6) is -0.182. The van der Waals surface area contributed by atoms with Gasteiger partial charge in [0.25, 0.3) is 0 Å². The Balaban J connectivity index is 2.78. The predicted molar refractivity (Wildman–Crippen MR) is 49.1 cm³/mol. The molecule has 1 atom stereocenters. The molecule has 0 saturated carbocycles. The Labute approximate surface area is 76.3 Å². The summed E-state index contributed by atoms with van der Waals surface area (Å²) in [6.07, 6.45) is 0. The van der Waals surface area contributed by atoms with Crippen LogP contribution in [-0.4, -0.2) is 11.7 Å². The third kappa shape index (κ3) is 2.06. The Hall–Kier alpha value is -0.860. The molecule has 0 aliphatic carbocycles. The van der Waals surface area contributed by atoms with Gasteiger partial charge < -0.3 is 5.73 Å². The first kappa shape index (κ1) is 9.23. The third-order valence-corrected chi connectivity index (χ3v) is 1.90. The van der Waals surface area contributed by atoms with Crippen molar-refractivity contribution in [1.29, 1.82) is 0 Å². The van der Waals surface area contributed by atoms with Gasteiger partial charge >= 0.3 is 0 Å². The van der Waals surface area contributed by atoms with E-state index < -0.39 is 6.04 Å². The summed E-state index contributed by atoms with van der Waals surface area (Å²) < 4.78 is 0. The van der Waals surface area contributed by atoms with Crippen molar-refractivity contribution in [2.75, 3.05) is 5.88 Å². The molecule has 0 bridgehead atoms. The largest absolute Gasteiger partial charge is 0.318 e. The van der Waals surface area contributed by atoms with Crippen LogP contribution in [0.25, 0.3) is 0 Å². The van der Waals surface area contributed by atoms with Crippen molar-refractivity contribution < 1.29 is 4.79 Å². The van der Waals surface area contributed by atoms with Gasteiger partial charge in [0.1, 0.15) is 0 Å². The minimum absolute atomic E-state index is 0.0317. The monoisotopic (exact) mass is 183 g/mol. The highest BCUT2D eigenvalue weighted by atomic mass is 35.5. The average molecular weight is 184 g/mol. The fourth-order valence-electron chi connectivity index (χ4n) is 0.929. The van der Waals surface area contributed by atoms with E-state index in [1.807, 2.05) is 30.3 Å². The van der Waals surface area contributed by atoms with Gasteiger partial charge in [-0.2, -0.15) is 0 Å². The number of hydrogen-bond donors (Lipinski definition) is 1. The highest BCUT2D eigenvalue weighted by molar-refractivity contribution is 6.28.